The fraction of sp³-hybridized carbons (Fsp3) is 0.684. The number of hydrogen-bond donors (Lipinski definition) is 1. The van der Waals surface area contributed by atoms with Crippen LogP contribution in [0.1, 0.15) is 67.5 Å². The van der Waals surface area contributed by atoms with Gasteiger partial charge in [-0.05, 0) is 74.1 Å². The van der Waals surface area contributed by atoms with Crippen LogP contribution in [0, 0.1) is 17.8 Å². The van der Waals surface area contributed by atoms with E-state index in [1.807, 2.05) is 17.5 Å². The van der Waals surface area contributed by atoms with E-state index in [4.69, 9.17) is 0 Å². The van der Waals surface area contributed by atoms with Gasteiger partial charge in [-0.1, -0.05) is 6.07 Å². The number of thiophene rings is 1. The van der Waals surface area contributed by atoms with E-state index >= 15 is 0 Å². The van der Waals surface area contributed by atoms with Gasteiger partial charge in [0.1, 0.15) is 0 Å². The molecule has 1 N–H and O–H groups in total. The van der Waals surface area contributed by atoms with Crippen LogP contribution in [0.15, 0.2) is 17.5 Å². The lowest BCUT2D eigenvalue weighted by Crippen LogP contribution is -2.59. The number of amides is 1. The third-order valence-corrected chi connectivity index (χ3v) is 6.96. The highest BCUT2D eigenvalue weighted by Gasteiger charge is 2.51. The summed E-state index contributed by atoms with van der Waals surface area (Å²) in [6.07, 6.45) is 9.39. The van der Waals surface area contributed by atoms with Crippen molar-refractivity contribution in [3.8, 4) is 0 Å². The monoisotopic (exact) mass is 331 g/mol. The van der Waals surface area contributed by atoms with Crippen molar-refractivity contribution in [1.29, 1.82) is 0 Å². The molecule has 3 nitrogen and oxygen atoms in total. The first kappa shape index (κ1) is 15.4. The van der Waals surface area contributed by atoms with Gasteiger partial charge < -0.3 is 5.32 Å². The van der Waals surface area contributed by atoms with Gasteiger partial charge in [-0.2, -0.15) is 0 Å². The van der Waals surface area contributed by atoms with Crippen LogP contribution in [-0.2, 0) is 4.79 Å². The second kappa shape index (κ2) is 6.04. The lowest BCUT2D eigenvalue weighted by Gasteiger charge is -2.56. The number of rotatable bonds is 6. The Balaban J connectivity index is 1.27. The highest BCUT2D eigenvalue weighted by atomic mass is 32.1. The minimum atomic E-state index is 0.101. The van der Waals surface area contributed by atoms with Gasteiger partial charge >= 0.3 is 0 Å². The van der Waals surface area contributed by atoms with Gasteiger partial charge in [0.05, 0.1) is 4.88 Å². The fourth-order valence-corrected chi connectivity index (χ4v) is 6.29. The van der Waals surface area contributed by atoms with Crippen molar-refractivity contribution < 1.29 is 9.59 Å². The van der Waals surface area contributed by atoms with E-state index in [0.29, 0.717) is 19.3 Å². The minimum Gasteiger partial charge on any atom is -0.351 e. The molecule has 5 rings (SSSR count). The molecule has 4 bridgehead atoms. The van der Waals surface area contributed by atoms with Crippen molar-refractivity contribution in [2.45, 2.75) is 63.3 Å². The lowest BCUT2D eigenvalue weighted by atomic mass is 9.53. The SMILES string of the molecule is O=C(CCCC(=O)c1cccs1)NC12CC3CC(CC(C3)C1)C2. The Hall–Kier alpha value is -1.16. The Morgan fingerprint density at radius 2 is 1.74 bits per heavy atom. The summed E-state index contributed by atoms with van der Waals surface area (Å²) in [4.78, 5) is 25.2. The summed E-state index contributed by atoms with van der Waals surface area (Å²) in [7, 11) is 0. The zero-order valence-electron chi connectivity index (χ0n) is 13.6. The highest BCUT2D eigenvalue weighted by molar-refractivity contribution is 7.12. The smallest absolute Gasteiger partial charge is 0.220 e. The predicted octanol–water partition coefficient (Wildman–Crippen LogP) is 4.19. The van der Waals surface area contributed by atoms with E-state index in [-0.39, 0.29) is 17.2 Å². The van der Waals surface area contributed by atoms with Crippen LogP contribution in [-0.4, -0.2) is 17.2 Å². The zero-order valence-corrected chi connectivity index (χ0v) is 14.4. The summed E-state index contributed by atoms with van der Waals surface area (Å²) >= 11 is 1.48. The van der Waals surface area contributed by atoms with E-state index in [1.54, 1.807) is 0 Å². The molecule has 1 aromatic rings. The lowest BCUT2D eigenvalue weighted by molar-refractivity contribution is -0.126. The third-order valence-electron chi connectivity index (χ3n) is 6.05. The first-order valence-electron chi connectivity index (χ1n) is 9.00. The Labute approximate surface area is 141 Å². The highest BCUT2D eigenvalue weighted by Crippen LogP contribution is 2.55. The molecular formula is C19H25NO2S. The molecule has 4 aliphatic rings. The van der Waals surface area contributed by atoms with Gasteiger partial charge in [-0.15, -0.1) is 11.3 Å². The van der Waals surface area contributed by atoms with Crippen LogP contribution < -0.4 is 5.32 Å². The molecule has 4 heteroatoms. The van der Waals surface area contributed by atoms with Crippen LogP contribution in [0.5, 0.6) is 0 Å². The molecular weight excluding hydrogens is 306 g/mol. The maximum Gasteiger partial charge on any atom is 0.220 e. The molecule has 23 heavy (non-hydrogen) atoms. The molecule has 124 valence electrons. The molecule has 1 amide bonds. The van der Waals surface area contributed by atoms with Crippen molar-refractivity contribution >= 4 is 23.0 Å². The molecule has 0 spiro atoms. The average molecular weight is 331 g/mol. The second-order valence-electron chi connectivity index (χ2n) is 8.00. The van der Waals surface area contributed by atoms with Crippen molar-refractivity contribution in [1.82, 2.24) is 5.32 Å². The number of nitrogens with one attached hydrogen (secondary N) is 1. The fourth-order valence-electron chi connectivity index (χ4n) is 5.59. The molecule has 0 aromatic carbocycles. The minimum absolute atomic E-state index is 0.101. The molecule has 0 radical (unpaired) electrons. The summed E-state index contributed by atoms with van der Waals surface area (Å²) in [5.41, 5.74) is 0.101. The molecule has 1 aromatic heterocycles. The van der Waals surface area contributed by atoms with Crippen LogP contribution in [0.4, 0.5) is 0 Å². The van der Waals surface area contributed by atoms with Crippen molar-refractivity contribution in [2.24, 2.45) is 17.8 Å². The van der Waals surface area contributed by atoms with Gasteiger partial charge in [0.15, 0.2) is 5.78 Å². The second-order valence-corrected chi connectivity index (χ2v) is 8.95. The van der Waals surface area contributed by atoms with E-state index < -0.39 is 0 Å². The summed E-state index contributed by atoms with van der Waals surface area (Å²) in [6.45, 7) is 0. The molecule has 4 saturated carbocycles. The Bertz CT molecular complexity index is 557. The molecule has 0 atom stereocenters. The maximum atomic E-state index is 12.4. The quantitative estimate of drug-likeness (QED) is 0.795. The van der Waals surface area contributed by atoms with Crippen LogP contribution in [0.3, 0.4) is 0 Å². The van der Waals surface area contributed by atoms with Crippen LogP contribution in [0.2, 0.25) is 0 Å². The van der Waals surface area contributed by atoms with Crippen molar-refractivity contribution in [3.05, 3.63) is 22.4 Å². The molecule has 0 aliphatic heterocycles. The first-order valence-corrected chi connectivity index (χ1v) is 9.88. The van der Waals surface area contributed by atoms with Gasteiger partial charge in [0.25, 0.3) is 0 Å². The van der Waals surface area contributed by atoms with Crippen molar-refractivity contribution in [2.75, 3.05) is 0 Å². The van der Waals surface area contributed by atoms with Crippen LogP contribution in [0.25, 0.3) is 0 Å². The third kappa shape index (κ3) is 3.23. The van der Waals surface area contributed by atoms with Gasteiger partial charge in [-0.25, -0.2) is 0 Å². The van der Waals surface area contributed by atoms with Gasteiger partial charge in [0.2, 0.25) is 5.91 Å². The molecule has 0 saturated heterocycles. The molecule has 0 unspecified atom stereocenters. The number of hydrogen-bond acceptors (Lipinski definition) is 3. The summed E-state index contributed by atoms with van der Waals surface area (Å²) < 4.78 is 0. The van der Waals surface area contributed by atoms with E-state index in [2.05, 4.69) is 5.32 Å². The van der Waals surface area contributed by atoms with Crippen molar-refractivity contribution in [3.63, 3.8) is 0 Å². The molecule has 1 heterocycles. The number of Topliss-reactive ketones (excluding diaryl/α,β-unsaturated/α-hetero) is 1. The topological polar surface area (TPSA) is 46.2 Å². The Morgan fingerprint density at radius 1 is 1.09 bits per heavy atom. The number of carbonyl (C=O) groups excluding carboxylic acids is 2. The van der Waals surface area contributed by atoms with Gasteiger partial charge in [0, 0.05) is 18.4 Å². The number of ketones is 1. The van der Waals surface area contributed by atoms with E-state index in [9.17, 15) is 9.59 Å². The molecule has 4 aliphatic carbocycles. The normalized spacial score (nSPS) is 34.5. The number of carbonyl (C=O) groups is 2. The van der Waals surface area contributed by atoms with Crippen LogP contribution >= 0.6 is 11.3 Å². The maximum absolute atomic E-state index is 12.4. The van der Waals surface area contributed by atoms with E-state index in [1.165, 1.54) is 49.9 Å². The summed E-state index contributed by atoms with van der Waals surface area (Å²) in [5.74, 6) is 2.87. The van der Waals surface area contributed by atoms with E-state index in [0.717, 1.165) is 22.6 Å². The predicted molar refractivity (Wildman–Crippen MR) is 91.5 cm³/mol. The Morgan fingerprint density at radius 3 is 2.30 bits per heavy atom. The largest absolute Gasteiger partial charge is 0.351 e. The summed E-state index contributed by atoms with van der Waals surface area (Å²) in [5, 5.41) is 5.31. The standard InChI is InChI=1S/C19H25NO2S/c21-16(17-4-2-6-23-17)3-1-5-18(22)20-19-10-13-7-14(11-19)9-15(8-13)12-19/h2,4,6,13-15H,1,3,5,7-12H2,(H,20,22). The first-order chi connectivity index (χ1) is 11.1. The zero-order chi connectivity index (χ0) is 15.9. The van der Waals surface area contributed by atoms with Gasteiger partial charge in [-0.3, -0.25) is 9.59 Å². The average Bonchev–Trinajstić information content (AvgIpc) is 2.99. The Kier molecular flexibility index (Phi) is 4.04. The summed E-state index contributed by atoms with van der Waals surface area (Å²) in [6, 6.07) is 3.76. The molecule has 4 fully saturated rings.